The molecule has 5 heteroatoms. The van der Waals surface area contributed by atoms with E-state index in [4.69, 9.17) is 0 Å². The summed E-state index contributed by atoms with van der Waals surface area (Å²) in [7, 11) is 0. The molecule has 4 aromatic rings. The van der Waals surface area contributed by atoms with E-state index < -0.39 is 0 Å². The van der Waals surface area contributed by atoms with Crippen LogP contribution in [0.4, 0.5) is 11.4 Å². The van der Waals surface area contributed by atoms with Gasteiger partial charge >= 0.3 is 0 Å². The van der Waals surface area contributed by atoms with Crippen molar-refractivity contribution >= 4 is 34.6 Å². The zero-order valence-corrected chi connectivity index (χ0v) is 17.1. The van der Waals surface area contributed by atoms with E-state index in [1.807, 2.05) is 48.5 Å². The first-order valence-electron chi connectivity index (χ1n) is 8.87. The van der Waals surface area contributed by atoms with Crippen molar-refractivity contribution in [2.45, 2.75) is 0 Å². The van der Waals surface area contributed by atoms with E-state index in [9.17, 15) is 10.2 Å². The Morgan fingerprint density at radius 1 is 0.552 bits per heavy atom. The molecule has 0 aliphatic heterocycles. The van der Waals surface area contributed by atoms with Crippen LogP contribution in [0, 0.1) is 0 Å². The topological polar surface area (TPSA) is 65.2 Å². The molecule has 4 nitrogen and oxygen atoms in total. The predicted molar refractivity (Wildman–Crippen MR) is 115 cm³/mol. The molecule has 0 radical (unpaired) electrons. The first-order chi connectivity index (χ1) is 13.7. The molecule has 140 valence electrons. The SMILES string of the molecule is Oc1ccccc1C=Nc1cc2ccccc2cc1N=Cc1ccccc1O.[Ti]. The Hall–Kier alpha value is -3.21. The molecule has 2 N–H and O–H groups in total. The quantitative estimate of drug-likeness (QED) is 0.330. The molecule has 29 heavy (non-hydrogen) atoms. The van der Waals surface area contributed by atoms with Gasteiger partial charge in [-0.15, -0.1) is 0 Å². The fourth-order valence-corrected chi connectivity index (χ4v) is 2.89. The van der Waals surface area contributed by atoms with Crippen molar-refractivity contribution in [3.05, 3.63) is 96.1 Å². The zero-order chi connectivity index (χ0) is 19.3. The number of para-hydroxylation sites is 2. The number of aliphatic imine (C=N–C) groups is 2. The summed E-state index contributed by atoms with van der Waals surface area (Å²) >= 11 is 0. The van der Waals surface area contributed by atoms with Crippen molar-refractivity contribution in [2.75, 3.05) is 0 Å². The van der Waals surface area contributed by atoms with E-state index >= 15 is 0 Å². The first-order valence-corrected chi connectivity index (χ1v) is 8.87. The third-order valence-electron chi connectivity index (χ3n) is 4.40. The molecule has 0 amide bonds. The standard InChI is InChI=1S/C24H18N2O2.Ti/c27-23-11-5-3-9-19(23)15-25-21-13-17-7-1-2-8-18(17)14-22(21)26-16-20-10-4-6-12-24(20)28;/h1-16,27-28H;. The van der Waals surface area contributed by atoms with Crippen LogP contribution < -0.4 is 0 Å². The van der Waals surface area contributed by atoms with Crippen molar-refractivity contribution < 1.29 is 31.9 Å². The van der Waals surface area contributed by atoms with Crippen molar-refractivity contribution in [1.29, 1.82) is 0 Å². The van der Waals surface area contributed by atoms with Gasteiger partial charge in [-0.1, -0.05) is 48.5 Å². The Balaban J connectivity index is 0.00000240. The molecule has 4 aromatic carbocycles. The molecule has 0 heterocycles. The number of fused-ring (bicyclic) bond motifs is 1. The van der Waals surface area contributed by atoms with Gasteiger partial charge in [-0.25, -0.2) is 0 Å². The summed E-state index contributed by atoms with van der Waals surface area (Å²) in [4.78, 5) is 9.12. The summed E-state index contributed by atoms with van der Waals surface area (Å²) in [6.07, 6.45) is 3.25. The van der Waals surface area contributed by atoms with Gasteiger partial charge in [0, 0.05) is 45.3 Å². The van der Waals surface area contributed by atoms with E-state index in [1.165, 1.54) is 0 Å². The van der Waals surface area contributed by atoms with Gasteiger partial charge in [-0.2, -0.15) is 0 Å². The average Bonchev–Trinajstić information content (AvgIpc) is 2.72. The molecule has 4 rings (SSSR count). The molecule has 0 aliphatic rings. The van der Waals surface area contributed by atoms with Crippen LogP contribution in [0.2, 0.25) is 0 Å². The molecular formula is C24H18N2O2Ti. The number of phenols is 2. The molecular weight excluding hydrogens is 396 g/mol. The summed E-state index contributed by atoms with van der Waals surface area (Å²) in [5.74, 6) is 0.345. The molecule has 0 unspecified atom stereocenters. The molecule has 0 saturated heterocycles. The minimum Gasteiger partial charge on any atom is -0.507 e. The Morgan fingerprint density at radius 2 is 0.931 bits per heavy atom. The van der Waals surface area contributed by atoms with Crippen LogP contribution in [0.3, 0.4) is 0 Å². The van der Waals surface area contributed by atoms with Gasteiger partial charge in [0.2, 0.25) is 0 Å². The number of hydrogen-bond acceptors (Lipinski definition) is 4. The first kappa shape index (κ1) is 20.5. The van der Waals surface area contributed by atoms with Gasteiger partial charge in [-0.3, -0.25) is 9.98 Å². The zero-order valence-electron chi connectivity index (χ0n) is 15.5. The summed E-state index contributed by atoms with van der Waals surface area (Å²) in [5, 5.41) is 22.0. The van der Waals surface area contributed by atoms with Gasteiger partial charge in [0.1, 0.15) is 11.5 Å². The summed E-state index contributed by atoms with van der Waals surface area (Å²) in [6.45, 7) is 0. The Kier molecular flexibility index (Phi) is 6.60. The Labute approximate surface area is 183 Å². The third kappa shape index (κ3) is 4.80. The minimum absolute atomic E-state index is 0. The molecule has 0 fully saturated rings. The maximum absolute atomic E-state index is 9.96. The number of aromatic hydroxyl groups is 2. The van der Waals surface area contributed by atoms with Gasteiger partial charge < -0.3 is 10.2 Å². The van der Waals surface area contributed by atoms with Crippen LogP contribution in [-0.4, -0.2) is 22.6 Å². The van der Waals surface area contributed by atoms with Crippen LogP contribution in [0.15, 0.2) is 94.9 Å². The number of nitrogens with zero attached hydrogens (tertiary/aromatic N) is 2. The monoisotopic (exact) mass is 414 g/mol. The molecule has 0 aliphatic carbocycles. The summed E-state index contributed by atoms with van der Waals surface area (Å²) in [5.41, 5.74) is 2.61. The second-order valence-electron chi connectivity index (χ2n) is 6.32. The average molecular weight is 414 g/mol. The van der Waals surface area contributed by atoms with Crippen LogP contribution in [0.25, 0.3) is 10.8 Å². The van der Waals surface area contributed by atoms with E-state index in [0.717, 1.165) is 10.8 Å². The fraction of sp³-hybridized carbons (Fsp3) is 0. The van der Waals surface area contributed by atoms with Crippen molar-refractivity contribution in [1.82, 2.24) is 0 Å². The third-order valence-corrected chi connectivity index (χ3v) is 4.40. The fourth-order valence-electron chi connectivity index (χ4n) is 2.89. The van der Waals surface area contributed by atoms with E-state index in [0.29, 0.717) is 22.5 Å². The van der Waals surface area contributed by atoms with Crippen LogP contribution in [0.5, 0.6) is 11.5 Å². The van der Waals surface area contributed by atoms with Crippen molar-refractivity contribution in [2.24, 2.45) is 9.98 Å². The van der Waals surface area contributed by atoms with Crippen LogP contribution in [0.1, 0.15) is 11.1 Å². The van der Waals surface area contributed by atoms with Gasteiger partial charge in [-0.05, 0) is 47.2 Å². The second kappa shape index (κ2) is 9.33. The van der Waals surface area contributed by atoms with Gasteiger partial charge in [0.15, 0.2) is 0 Å². The number of phenolic OH excluding ortho intramolecular Hbond substituents is 2. The minimum atomic E-state index is 0. The number of hydrogen-bond donors (Lipinski definition) is 2. The Bertz CT molecular complexity index is 1110. The number of benzene rings is 4. The molecule has 0 saturated carbocycles. The maximum atomic E-state index is 9.96. The van der Waals surface area contributed by atoms with Crippen LogP contribution in [-0.2, 0) is 21.7 Å². The summed E-state index contributed by atoms with van der Waals surface area (Å²) in [6, 6.07) is 26.0. The second-order valence-corrected chi connectivity index (χ2v) is 6.32. The van der Waals surface area contributed by atoms with Gasteiger partial charge in [0.25, 0.3) is 0 Å². The normalized spacial score (nSPS) is 11.2. The van der Waals surface area contributed by atoms with Crippen molar-refractivity contribution in [3.63, 3.8) is 0 Å². The van der Waals surface area contributed by atoms with Crippen molar-refractivity contribution in [3.8, 4) is 11.5 Å². The molecule has 0 aromatic heterocycles. The smallest absolute Gasteiger partial charge is 0.124 e. The van der Waals surface area contributed by atoms with Gasteiger partial charge in [0.05, 0.1) is 11.4 Å². The summed E-state index contributed by atoms with van der Waals surface area (Å²) < 4.78 is 0. The van der Waals surface area contributed by atoms with E-state index in [2.05, 4.69) is 9.98 Å². The molecule has 0 atom stereocenters. The van der Waals surface area contributed by atoms with E-state index in [1.54, 1.807) is 48.8 Å². The predicted octanol–water partition coefficient (Wildman–Crippen LogP) is 5.75. The largest absolute Gasteiger partial charge is 0.507 e. The maximum Gasteiger partial charge on any atom is 0.124 e. The molecule has 0 spiro atoms. The molecule has 0 bridgehead atoms. The van der Waals surface area contributed by atoms with Crippen LogP contribution >= 0.6 is 0 Å². The Morgan fingerprint density at radius 3 is 1.34 bits per heavy atom. The van der Waals surface area contributed by atoms with E-state index in [-0.39, 0.29) is 33.2 Å². The number of rotatable bonds is 4.